The Morgan fingerprint density at radius 2 is 1.79 bits per heavy atom. The van der Waals surface area contributed by atoms with Gasteiger partial charge in [-0.1, -0.05) is 12.1 Å². The Kier molecular flexibility index (Phi) is 2.70. The first kappa shape index (κ1) is 10.0. The minimum Gasteiger partial charge on any atom is -0.261 e. The highest BCUT2D eigenvalue weighted by atomic mass is 19.1. The van der Waals surface area contributed by atoms with E-state index in [1.807, 2.05) is 0 Å². The van der Waals surface area contributed by atoms with Crippen molar-refractivity contribution in [3.8, 4) is 0 Å². The summed E-state index contributed by atoms with van der Waals surface area (Å²) in [4.78, 5) is 18.4. The van der Waals surface area contributed by atoms with Gasteiger partial charge >= 0.3 is 6.30 Å². The summed E-state index contributed by atoms with van der Waals surface area (Å²) in [6.07, 6.45) is -2.56. The summed E-state index contributed by atoms with van der Waals surface area (Å²) in [7, 11) is 0. The van der Waals surface area contributed by atoms with Crippen LogP contribution in [-0.4, -0.2) is 9.85 Å². The quantitative estimate of drug-likeness (QED) is 0.423. The van der Waals surface area contributed by atoms with E-state index >= 15 is 0 Å². The summed E-state index contributed by atoms with van der Waals surface area (Å²) in [5.74, 6) is 0. The molecule has 14 heavy (non-hydrogen) atoms. The van der Waals surface area contributed by atoms with Crippen LogP contribution >= 0.6 is 0 Å². The van der Waals surface area contributed by atoms with Crippen LogP contribution in [-0.2, 0) is 0 Å². The number of nitrogens with zero attached hydrogens (tertiary/aromatic N) is 2. The second-order valence-electron chi connectivity index (χ2n) is 2.44. The van der Waals surface area contributed by atoms with Crippen molar-refractivity contribution in [1.82, 2.24) is 0 Å². The average molecular weight is 200 g/mol. The third-order valence-corrected chi connectivity index (χ3v) is 1.58. The van der Waals surface area contributed by atoms with Gasteiger partial charge in [0.15, 0.2) is 0 Å². The van der Waals surface area contributed by atoms with E-state index in [9.17, 15) is 24.6 Å². The van der Waals surface area contributed by atoms with E-state index in [0.717, 1.165) is 12.1 Å². The molecule has 0 amide bonds. The van der Waals surface area contributed by atoms with Crippen LogP contribution in [0.15, 0.2) is 24.3 Å². The lowest BCUT2D eigenvalue weighted by molar-refractivity contribution is -0.562. The van der Waals surface area contributed by atoms with Gasteiger partial charge in [0.2, 0.25) is 0 Å². The van der Waals surface area contributed by atoms with E-state index in [2.05, 4.69) is 0 Å². The van der Waals surface area contributed by atoms with Crippen LogP contribution in [0.5, 0.6) is 0 Å². The molecule has 1 atom stereocenters. The van der Waals surface area contributed by atoms with Crippen molar-refractivity contribution >= 4 is 5.69 Å². The van der Waals surface area contributed by atoms with Crippen LogP contribution in [0.3, 0.4) is 0 Å². The molecule has 1 aromatic carbocycles. The van der Waals surface area contributed by atoms with Crippen molar-refractivity contribution in [2.45, 2.75) is 6.30 Å². The van der Waals surface area contributed by atoms with Gasteiger partial charge in [-0.25, -0.2) is 0 Å². The van der Waals surface area contributed by atoms with E-state index in [0.29, 0.717) is 0 Å². The first-order valence-electron chi connectivity index (χ1n) is 3.55. The number of nitro benzene ring substituents is 1. The number of halogens is 1. The Bertz CT molecular complexity index is 382. The van der Waals surface area contributed by atoms with Crippen LogP contribution in [0.1, 0.15) is 11.9 Å². The topological polar surface area (TPSA) is 86.3 Å². The van der Waals surface area contributed by atoms with E-state index in [-0.39, 0.29) is 0 Å². The molecule has 1 aromatic rings. The van der Waals surface area contributed by atoms with E-state index in [1.54, 1.807) is 0 Å². The lowest BCUT2D eigenvalue weighted by atomic mass is 10.2. The molecule has 0 bridgehead atoms. The summed E-state index contributed by atoms with van der Waals surface area (Å²) in [5.41, 5.74) is -1.13. The van der Waals surface area contributed by atoms with Crippen LogP contribution < -0.4 is 0 Å². The van der Waals surface area contributed by atoms with Gasteiger partial charge in [0, 0.05) is 6.07 Å². The zero-order valence-electron chi connectivity index (χ0n) is 6.79. The molecule has 0 aliphatic carbocycles. The largest absolute Gasteiger partial charge is 0.382 e. The molecular weight excluding hydrogens is 195 g/mol. The summed E-state index contributed by atoms with van der Waals surface area (Å²) < 4.78 is 12.9. The Balaban J connectivity index is 3.19. The predicted molar refractivity (Wildman–Crippen MR) is 43.9 cm³/mol. The summed E-state index contributed by atoms with van der Waals surface area (Å²) in [6.45, 7) is 0. The highest BCUT2D eigenvalue weighted by molar-refractivity contribution is 5.40. The molecule has 0 aromatic heterocycles. The summed E-state index contributed by atoms with van der Waals surface area (Å²) >= 11 is 0. The molecule has 1 unspecified atom stereocenters. The molecule has 0 heterocycles. The first-order valence-corrected chi connectivity index (χ1v) is 3.55. The van der Waals surface area contributed by atoms with Crippen LogP contribution in [0.2, 0.25) is 0 Å². The van der Waals surface area contributed by atoms with Gasteiger partial charge in [0.05, 0.1) is 9.85 Å². The summed E-state index contributed by atoms with van der Waals surface area (Å²) in [5, 5.41) is 20.4. The Morgan fingerprint density at radius 3 is 2.29 bits per heavy atom. The number of hydrogen-bond acceptors (Lipinski definition) is 4. The van der Waals surface area contributed by atoms with Crippen LogP contribution in [0.25, 0.3) is 0 Å². The van der Waals surface area contributed by atoms with Gasteiger partial charge in [0.25, 0.3) is 5.69 Å². The van der Waals surface area contributed by atoms with Crippen molar-refractivity contribution in [2.24, 2.45) is 0 Å². The lowest BCUT2D eigenvalue weighted by Crippen LogP contribution is -2.07. The standard InChI is InChI=1S/C7H5FN2O4/c8-7(10(13)14)5-3-1-2-4-6(5)9(11)12/h1-4,7H. The Morgan fingerprint density at radius 1 is 1.21 bits per heavy atom. The lowest BCUT2D eigenvalue weighted by Gasteiger charge is -2.00. The normalized spacial score (nSPS) is 12.1. The number of hydrogen-bond donors (Lipinski definition) is 0. The molecule has 7 heteroatoms. The first-order chi connectivity index (χ1) is 6.54. The minimum absolute atomic E-state index is 0.539. The zero-order chi connectivity index (χ0) is 10.7. The second kappa shape index (κ2) is 3.77. The molecule has 0 fully saturated rings. The zero-order valence-corrected chi connectivity index (χ0v) is 6.79. The predicted octanol–water partition coefficient (Wildman–Crippen LogP) is 1.84. The maximum atomic E-state index is 12.9. The van der Waals surface area contributed by atoms with Gasteiger partial charge in [-0.15, -0.1) is 0 Å². The molecule has 6 nitrogen and oxygen atoms in total. The molecule has 0 N–H and O–H groups in total. The van der Waals surface area contributed by atoms with Crippen LogP contribution in [0.4, 0.5) is 10.1 Å². The smallest absolute Gasteiger partial charge is 0.261 e. The minimum atomic E-state index is -2.56. The van der Waals surface area contributed by atoms with Crippen molar-refractivity contribution in [3.05, 3.63) is 50.1 Å². The van der Waals surface area contributed by atoms with E-state index in [4.69, 9.17) is 0 Å². The van der Waals surface area contributed by atoms with Gasteiger partial charge < -0.3 is 0 Å². The number of para-hydroxylation sites is 1. The maximum absolute atomic E-state index is 12.9. The van der Waals surface area contributed by atoms with Crippen molar-refractivity contribution in [2.75, 3.05) is 0 Å². The average Bonchev–Trinajstić information content (AvgIpc) is 2.16. The van der Waals surface area contributed by atoms with Crippen molar-refractivity contribution < 1.29 is 14.2 Å². The highest BCUT2D eigenvalue weighted by Gasteiger charge is 2.29. The SMILES string of the molecule is O=[N+]([O-])c1ccccc1C(F)[N+](=O)[O-]. The molecule has 0 saturated heterocycles. The fourth-order valence-corrected chi connectivity index (χ4v) is 0.969. The molecule has 0 spiro atoms. The third-order valence-electron chi connectivity index (χ3n) is 1.58. The van der Waals surface area contributed by atoms with Gasteiger partial charge in [-0.2, -0.15) is 4.39 Å². The fourth-order valence-electron chi connectivity index (χ4n) is 0.969. The molecule has 0 aliphatic heterocycles. The van der Waals surface area contributed by atoms with Crippen molar-refractivity contribution in [3.63, 3.8) is 0 Å². The number of benzene rings is 1. The summed E-state index contributed by atoms with van der Waals surface area (Å²) in [6, 6.07) is 4.66. The molecule has 0 aliphatic rings. The van der Waals surface area contributed by atoms with E-state index in [1.165, 1.54) is 12.1 Å². The molecule has 1 rings (SSSR count). The fraction of sp³-hybridized carbons (Fsp3) is 0.143. The van der Waals surface area contributed by atoms with Gasteiger partial charge in [-0.05, 0) is 6.07 Å². The number of nitro groups is 2. The molecule has 0 radical (unpaired) electrons. The molecule has 0 saturated carbocycles. The highest BCUT2D eigenvalue weighted by Crippen LogP contribution is 2.27. The maximum Gasteiger partial charge on any atom is 0.382 e. The van der Waals surface area contributed by atoms with E-state index < -0.39 is 27.4 Å². The van der Waals surface area contributed by atoms with Crippen molar-refractivity contribution in [1.29, 1.82) is 0 Å². The Hall–Kier alpha value is -2.05. The number of rotatable bonds is 3. The van der Waals surface area contributed by atoms with Gasteiger partial charge in [-0.3, -0.25) is 20.2 Å². The third kappa shape index (κ3) is 1.82. The second-order valence-corrected chi connectivity index (χ2v) is 2.44. The van der Waals surface area contributed by atoms with Crippen LogP contribution in [0, 0.1) is 20.2 Å². The molecular formula is C7H5FN2O4. The van der Waals surface area contributed by atoms with Gasteiger partial charge in [0.1, 0.15) is 5.56 Å². The monoisotopic (exact) mass is 200 g/mol. The molecule has 74 valence electrons. The number of alkyl halides is 1. The Labute approximate surface area is 77.3 Å².